The minimum Gasteiger partial charge on any atom is -0.352 e. The van der Waals surface area contributed by atoms with Crippen LogP contribution in [0.4, 0.5) is 0 Å². The molecular weight excluding hydrogens is 412 g/mol. The molecular formula is C23H26N4O3S. The number of hydrogen-bond acceptors (Lipinski definition) is 4. The van der Waals surface area contributed by atoms with Crippen LogP contribution in [0.15, 0.2) is 71.9 Å². The molecule has 162 valence electrons. The topological polar surface area (TPSA) is 84.3 Å². The van der Waals surface area contributed by atoms with Gasteiger partial charge in [0, 0.05) is 37.3 Å². The highest BCUT2D eigenvalue weighted by Crippen LogP contribution is 2.24. The van der Waals surface area contributed by atoms with E-state index in [-0.39, 0.29) is 11.8 Å². The van der Waals surface area contributed by atoms with Crippen molar-refractivity contribution in [1.82, 2.24) is 19.4 Å². The number of aromatic nitrogens is 2. The van der Waals surface area contributed by atoms with Crippen molar-refractivity contribution in [3.05, 3.63) is 78.1 Å². The first-order valence-corrected chi connectivity index (χ1v) is 11.8. The maximum absolute atomic E-state index is 12.8. The summed E-state index contributed by atoms with van der Waals surface area (Å²) in [6.07, 6.45) is 4.66. The number of sulfonamides is 1. The summed E-state index contributed by atoms with van der Waals surface area (Å²) in [6.45, 7) is 3.02. The van der Waals surface area contributed by atoms with Gasteiger partial charge in [-0.05, 0) is 44.0 Å². The zero-order valence-electron chi connectivity index (χ0n) is 17.4. The SMILES string of the molecule is Cc1ccc(S(=O)(=O)N2CCC(C(=O)NCc3cnn(-c4ccccc4)c3)CC2)cc1. The Bertz CT molecular complexity index is 1130. The van der Waals surface area contributed by atoms with Gasteiger partial charge in [0.2, 0.25) is 15.9 Å². The average Bonchev–Trinajstić information content (AvgIpc) is 3.27. The predicted molar refractivity (Wildman–Crippen MR) is 118 cm³/mol. The van der Waals surface area contributed by atoms with Crippen LogP contribution in [0.5, 0.6) is 0 Å². The van der Waals surface area contributed by atoms with Gasteiger partial charge in [-0.25, -0.2) is 13.1 Å². The lowest BCUT2D eigenvalue weighted by Gasteiger charge is -2.30. The van der Waals surface area contributed by atoms with Gasteiger partial charge in [0.05, 0.1) is 16.8 Å². The quantitative estimate of drug-likeness (QED) is 0.641. The van der Waals surface area contributed by atoms with Gasteiger partial charge in [-0.3, -0.25) is 4.79 Å². The molecule has 0 unspecified atom stereocenters. The molecule has 1 saturated heterocycles. The predicted octanol–water partition coefficient (Wildman–Crippen LogP) is 2.90. The third-order valence-electron chi connectivity index (χ3n) is 5.61. The van der Waals surface area contributed by atoms with Crippen LogP contribution in [0.3, 0.4) is 0 Å². The van der Waals surface area contributed by atoms with E-state index in [0.717, 1.165) is 16.8 Å². The van der Waals surface area contributed by atoms with Gasteiger partial charge in [0.1, 0.15) is 0 Å². The fraction of sp³-hybridized carbons (Fsp3) is 0.304. The Kier molecular flexibility index (Phi) is 6.20. The highest BCUT2D eigenvalue weighted by atomic mass is 32.2. The summed E-state index contributed by atoms with van der Waals surface area (Å²) in [5.74, 6) is -0.228. The van der Waals surface area contributed by atoms with Crippen LogP contribution in [0.1, 0.15) is 24.0 Å². The van der Waals surface area contributed by atoms with Crippen LogP contribution in [-0.4, -0.2) is 41.5 Å². The molecule has 1 aromatic heterocycles. The van der Waals surface area contributed by atoms with Crippen LogP contribution < -0.4 is 5.32 Å². The molecule has 0 spiro atoms. The molecule has 2 aromatic carbocycles. The molecule has 0 atom stereocenters. The lowest BCUT2D eigenvalue weighted by Crippen LogP contribution is -2.42. The van der Waals surface area contributed by atoms with E-state index in [1.807, 2.05) is 43.5 Å². The number of amides is 1. The van der Waals surface area contributed by atoms with Gasteiger partial charge >= 0.3 is 0 Å². The smallest absolute Gasteiger partial charge is 0.243 e. The van der Waals surface area contributed by atoms with Crippen molar-refractivity contribution < 1.29 is 13.2 Å². The molecule has 1 N–H and O–H groups in total. The van der Waals surface area contributed by atoms with Gasteiger partial charge in [-0.2, -0.15) is 9.40 Å². The number of rotatable bonds is 6. The molecule has 0 aliphatic carbocycles. The van der Waals surface area contributed by atoms with E-state index >= 15 is 0 Å². The molecule has 1 fully saturated rings. The standard InChI is InChI=1S/C23H26N4O3S/c1-18-7-9-22(10-8-18)31(29,30)26-13-11-20(12-14-26)23(28)24-15-19-16-25-27(17-19)21-5-3-2-4-6-21/h2-10,16-17,20H,11-15H2,1H3,(H,24,28). The number of carbonyl (C=O) groups excluding carboxylic acids is 1. The molecule has 8 heteroatoms. The summed E-state index contributed by atoms with van der Waals surface area (Å²) in [6, 6.07) is 16.7. The number of benzene rings is 2. The van der Waals surface area contributed by atoms with Crippen LogP contribution in [0, 0.1) is 12.8 Å². The lowest BCUT2D eigenvalue weighted by atomic mass is 9.97. The minimum absolute atomic E-state index is 0.0418. The molecule has 7 nitrogen and oxygen atoms in total. The maximum atomic E-state index is 12.8. The normalized spacial score (nSPS) is 15.6. The zero-order valence-corrected chi connectivity index (χ0v) is 18.3. The second-order valence-corrected chi connectivity index (χ2v) is 9.78. The van der Waals surface area contributed by atoms with Crippen LogP contribution in [0.2, 0.25) is 0 Å². The minimum atomic E-state index is -3.52. The number of carbonyl (C=O) groups is 1. The molecule has 1 aliphatic heterocycles. The Hall–Kier alpha value is -2.97. The molecule has 0 radical (unpaired) electrons. The van der Waals surface area contributed by atoms with Crippen LogP contribution in [-0.2, 0) is 21.4 Å². The molecule has 0 bridgehead atoms. The summed E-state index contributed by atoms with van der Waals surface area (Å²) in [5, 5.41) is 7.30. The van der Waals surface area contributed by atoms with Gasteiger partial charge in [0.15, 0.2) is 0 Å². The number of nitrogens with zero attached hydrogens (tertiary/aromatic N) is 3. The highest BCUT2D eigenvalue weighted by molar-refractivity contribution is 7.89. The Morgan fingerprint density at radius 3 is 2.42 bits per heavy atom. The zero-order chi connectivity index (χ0) is 21.8. The first-order chi connectivity index (χ1) is 14.9. The van der Waals surface area contributed by atoms with Crippen LogP contribution >= 0.6 is 0 Å². The van der Waals surface area contributed by atoms with Crippen molar-refractivity contribution in [2.75, 3.05) is 13.1 Å². The van der Waals surface area contributed by atoms with E-state index in [9.17, 15) is 13.2 Å². The van der Waals surface area contributed by atoms with Gasteiger partial charge in [0.25, 0.3) is 0 Å². The highest BCUT2D eigenvalue weighted by Gasteiger charge is 2.32. The van der Waals surface area contributed by atoms with E-state index in [1.165, 1.54) is 4.31 Å². The summed E-state index contributed by atoms with van der Waals surface area (Å²) >= 11 is 0. The Morgan fingerprint density at radius 1 is 1.06 bits per heavy atom. The first kappa shape index (κ1) is 21.3. The van der Waals surface area contributed by atoms with Gasteiger partial charge in [-0.1, -0.05) is 35.9 Å². The fourth-order valence-corrected chi connectivity index (χ4v) is 5.19. The molecule has 31 heavy (non-hydrogen) atoms. The van der Waals surface area contributed by atoms with E-state index < -0.39 is 10.0 Å². The molecule has 3 aromatic rings. The summed E-state index contributed by atoms with van der Waals surface area (Å²) in [7, 11) is -3.52. The maximum Gasteiger partial charge on any atom is 0.243 e. The van der Waals surface area contributed by atoms with Gasteiger partial charge < -0.3 is 5.32 Å². The Morgan fingerprint density at radius 2 is 1.74 bits per heavy atom. The molecule has 0 saturated carbocycles. The average molecular weight is 439 g/mol. The summed E-state index contributed by atoms with van der Waals surface area (Å²) < 4.78 is 28.9. The fourth-order valence-electron chi connectivity index (χ4n) is 3.72. The Labute approximate surface area is 182 Å². The van der Waals surface area contributed by atoms with Crippen molar-refractivity contribution in [2.24, 2.45) is 5.92 Å². The second-order valence-electron chi connectivity index (χ2n) is 7.84. The van der Waals surface area contributed by atoms with Crippen molar-refractivity contribution in [1.29, 1.82) is 0 Å². The van der Waals surface area contributed by atoms with E-state index in [4.69, 9.17) is 0 Å². The molecule has 1 amide bonds. The van der Waals surface area contributed by atoms with E-state index in [2.05, 4.69) is 10.4 Å². The molecule has 1 aliphatic rings. The number of piperidine rings is 1. The summed E-state index contributed by atoms with van der Waals surface area (Å²) in [5.41, 5.74) is 2.89. The van der Waals surface area contributed by atoms with Crippen molar-refractivity contribution >= 4 is 15.9 Å². The third-order valence-corrected chi connectivity index (χ3v) is 7.52. The third kappa shape index (κ3) is 4.86. The summed E-state index contributed by atoms with van der Waals surface area (Å²) in [4.78, 5) is 12.9. The van der Waals surface area contributed by atoms with Crippen molar-refractivity contribution in [3.63, 3.8) is 0 Å². The van der Waals surface area contributed by atoms with Crippen molar-refractivity contribution in [2.45, 2.75) is 31.2 Å². The monoisotopic (exact) mass is 438 g/mol. The van der Waals surface area contributed by atoms with Gasteiger partial charge in [-0.15, -0.1) is 0 Å². The Balaban J connectivity index is 1.30. The largest absolute Gasteiger partial charge is 0.352 e. The van der Waals surface area contributed by atoms with Crippen molar-refractivity contribution in [3.8, 4) is 5.69 Å². The molecule has 4 rings (SSSR count). The second kappa shape index (κ2) is 9.03. The number of para-hydroxylation sites is 1. The number of aryl methyl sites for hydroxylation is 1. The van der Waals surface area contributed by atoms with E-state index in [0.29, 0.717) is 37.4 Å². The number of nitrogens with one attached hydrogen (secondary N) is 1. The number of hydrogen-bond donors (Lipinski definition) is 1. The van der Waals surface area contributed by atoms with Crippen LogP contribution in [0.25, 0.3) is 5.69 Å². The van der Waals surface area contributed by atoms with E-state index in [1.54, 1.807) is 35.1 Å². The molecule has 2 heterocycles. The first-order valence-electron chi connectivity index (χ1n) is 10.4. The lowest BCUT2D eigenvalue weighted by molar-refractivity contribution is -0.126.